The van der Waals surface area contributed by atoms with Gasteiger partial charge in [-0.3, -0.25) is 0 Å². The number of ether oxygens (including phenoxy) is 1. The Morgan fingerprint density at radius 3 is 2.45 bits per heavy atom. The van der Waals surface area contributed by atoms with Gasteiger partial charge in [0.1, 0.15) is 5.76 Å². The van der Waals surface area contributed by atoms with E-state index < -0.39 is 6.36 Å². The maximum atomic E-state index is 12.3. The van der Waals surface area contributed by atoms with Gasteiger partial charge >= 0.3 is 6.36 Å². The third kappa shape index (κ3) is 3.71. The first kappa shape index (κ1) is 15.3. The molecular weight excluding hydrogens is 289 g/mol. The van der Waals surface area contributed by atoms with E-state index in [1.807, 2.05) is 20.8 Å². The van der Waals surface area contributed by atoms with Crippen LogP contribution in [0.1, 0.15) is 27.7 Å². The van der Waals surface area contributed by atoms with Crippen LogP contribution in [0.4, 0.5) is 13.2 Å². The fourth-order valence-corrected chi connectivity index (χ4v) is 3.34. The molecule has 7 heteroatoms. The molecule has 0 amide bonds. The van der Waals surface area contributed by atoms with Crippen molar-refractivity contribution in [3.8, 4) is 0 Å². The van der Waals surface area contributed by atoms with Crippen LogP contribution in [0.2, 0.25) is 0 Å². The summed E-state index contributed by atoms with van der Waals surface area (Å²) in [4.78, 5) is 4.42. The van der Waals surface area contributed by atoms with E-state index >= 15 is 0 Å². The van der Waals surface area contributed by atoms with Crippen molar-refractivity contribution in [3.63, 3.8) is 0 Å². The molecule has 0 saturated carbocycles. The normalized spacial score (nSPS) is 26.4. The van der Waals surface area contributed by atoms with Gasteiger partial charge in [0.05, 0.1) is 10.9 Å². The highest BCUT2D eigenvalue weighted by Crippen LogP contribution is 2.42. The van der Waals surface area contributed by atoms with E-state index in [1.165, 1.54) is 17.8 Å². The molecule has 1 aliphatic carbocycles. The molecule has 1 aliphatic heterocycles. The third-order valence-electron chi connectivity index (χ3n) is 2.80. The van der Waals surface area contributed by atoms with Gasteiger partial charge in [0, 0.05) is 11.5 Å². The lowest BCUT2D eigenvalue weighted by atomic mass is 9.97. The predicted octanol–water partition coefficient (Wildman–Crippen LogP) is 3.80. The van der Waals surface area contributed by atoms with Crippen molar-refractivity contribution in [2.24, 2.45) is 10.9 Å². The second kappa shape index (κ2) is 5.02. The Bertz CT molecular complexity index is 489. The minimum atomic E-state index is -4.65. The van der Waals surface area contributed by atoms with Gasteiger partial charge < -0.3 is 10.1 Å². The van der Waals surface area contributed by atoms with E-state index in [-0.39, 0.29) is 22.5 Å². The van der Waals surface area contributed by atoms with E-state index in [0.717, 1.165) is 10.9 Å². The summed E-state index contributed by atoms with van der Waals surface area (Å²) in [6.07, 6.45) is -1.70. The van der Waals surface area contributed by atoms with E-state index in [0.29, 0.717) is 0 Å². The fourth-order valence-electron chi connectivity index (χ4n) is 1.99. The Hall–Kier alpha value is -1.11. The van der Waals surface area contributed by atoms with Gasteiger partial charge in [-0.1, -0.05) is 18.7 Å². The van der Waals surface area contributed by atoms with Crippen LogP contribution in [-0.2, 0) is 4.74 Å². The summed E-state index contributed by atoms with van der Waals surface area (Å²) in [7, 11) is 0. The molecule has 0 aromatic carbocycles. The number of aliphatic imine (C=N–C) groups is 1. The van der Waals surface area contributed by atoms with Gasteiger partial charge in [0.25, 0.3) is 0 Å². The number of alkyl halides is 3. The number of rotatable bonds is 1. The van der Waals surface area contributed by atoms with Gasteiger partial charge in [-0.05, 0) is 32.9 Å². The van der Waals surface area contributed by atoms with E-state index in [2.05, 4.69) is 15.0 Å². The van der Waals surface area contributed by atoms with Crippen LogP contribution >= 0.6 is 11.8 Å². The van der Waals surface area contributed by atoms with Crippen LogP contribution in [0.15, 0.2) is 28.6 Å². The summed E-state index contributed by atoms with van der Waals surface area (Å²) in [5.74, 6) is -0.435. The number of thioether (sulfide) groups is 1. The van der Waals surface area contributed by atoms with E-state index in [4.69, 9.17) is 0 Å². The van der Waals surface area contributed by atoms with Gasteiger partial charge in [-0.2, -0.15) is 0 Å². The largest absolute Gasteiger partial charge is 0.572 e. The average Bonchev–Trinajstić information content (AvgIpc) is 2.61. The van der Waals surface area contributed by atoms with E-state index in [9.17, 15) is 13.2 Å². The van der Waals surface area contributed by atoms with Crippen LogP contribution in [-0.4, -0.2) is 22.3 Å². The number of hydrogen-bond acceptors (Lipinski definition) is 4. The van der Waals surface area contributed by atoms with Crippen molar-refractivity contribution < 1.29 is 17.9 Å². The van der Waals surface area contributed by atoms with Gasteiger partial charge in [-0.25, -0.2) is 4.99 Å². The molecule has 0 aromatic heterocycles. The van der Waals surface area contributed by atoms with Crippen LogP contribution in [0.25, 0.3) is 0 Å². The lowest BCUT2D eigenvalue weighted by Crippen LogP contribution is -2.39. The molecule has 0 spiro atoms. The Kier molecular flexibility index (Phi) is 3.83. The topological polar surface area (TPSA) is 33.6 Å². The summed E-state index contributed by atoms with van der Waals surface area (Å²) in [6, 6.07) is 0. The molecule has 0 fully saturated rings. The maximum absolute atomic E-state index is 12.3. The highest BCUT2D eigenvalue weighted by atomic mass is 32.2. The number of amidine groups is 1. The van der Waals surface area contributed by atoms with Crippen molar-refractivity contribution in [2.45, 2.75) is 44.8 Å². The second-order valence-corrected chi connectivity index (χ2v) is 6.96. The second-order valence-electron chi connectivity index (χ2n) is 5.83. The smallest absolute Gasteiger partial charge is 0.410 e. The van der Waals surface area contributed by atoms with Crippen LogP contribution in [0.3, 0.4) is 0 Å². The lowest BCUT2D eigenvalue weighted by molar-refractivity contribution is -0.308. The van der Waals surface area contributed by atoms with Crippen LogP contribution < -0.4 is 5.32 Å². The standard InChI is InChI=1S/C13H17F3N2OS/c1-7-9(19-13(14,15)16)6-5-8-10(7)20-11(17-8)18-12(2,3)4/h5-7,10H,1-4H3,(H,17,18). The molecule has 1 heterocycles. The molecule has 0 aromatic rings. The minimum absolute atomic E-state index is 0.0639. The quantitative estimate of drug-likeness (QED) is 0.800. The highest BCUT2D eigenvalue weighted by Gasteiger charge is 2.40. The van der Waals surface area contributed by atoms with Gasteiger partial charge in [-0.15, -0.1) is 13.2 Å². The summed E-state index contributed by atoms with van der Waals surface area (Å²) in [5, 5.41) is 3.85. The molecule has 1 N–H and O–H groups in total. The number of allylic oxidation sites excluding steroid dienone is 3. The molecule has 2 rings (SSSR count). The predicted molar refractivity (Wildman–Crippen MR) is 74.2 cm³/mol. The first-order valence-corrected chi connectivity index (χ1v) is 7.14. The number of nitrogens with zero attached hydrogens (tertiary/aromatic N) is 1. The van der Waals surface area contributed by atoms with Crippen molar-refractivity contribution >= 4 is 16.9 Å². The molecule has 3 nitrogen and oxygen atoms in total. The van der Waals surface area contributed by atoms with Crippen molar-refractivity contribution in [1.82, 2.24) is 5.32 Å². The van der Waals surface area contributed by atoms with Crippen LogP contribution in [0.5, 0.6) is 0 Å². The monoisotopic (exact) mass is 306 g/mol. The Morgan fingerprint density at radius 1 is 1.25 bits per heavy atom. The van der Waals surface area contributed by atoms with Gasteiger partial charge in [0.2, 0.25) is 0 Å². The molecule has 112 valence electrons. The van der Waals surface area contributed by atoms with Crippen molar-refractivity contribution in [3.05, 3.63) is 23.6 Å². The molecule has 2 unspecified atom stereocenters. The number of fused-ring (bicyclic) bond motifs is 1. The molecule has 2 aliphatic rings. The summed E-state index contributed by atoms with van der Waals surface area (Å²) >= 11 is 1.44. The number of hydrogen-bond donors (Lipinski definition) is 1. The number of nitrogens with one attached hydrogen (secondary N) is 1. The van der Waals surface area contributed by atoms with Crippen molar-refractivity contribution in [2.75, 3.05) is 0 Å². The summed E-state index contributed by atoms with van der Waals surface area (Å²) in [5.41, 5.74) is 0.644. The minimum Gasteiger partial charge on any atom is -0.410 e. The fraction of sp³-hybridized carbons (Fsp3) is 0.615. The highest BCUT2D eigenvalue weighted by molar-refractivity contribution is 8.14. The molecule has 0 bridgehead atoms. The first-order chi connectivity index (χ1) is 9.05. The molecule has 2 atom stereocenters. The Labute approximate surface area is 120 Å². The van der Waals surface area contributed by atoms with Crippen molar-refractivity contribution in [1.29, 1.82) is 0 Å². The zero-order valence-corrected chi connectivity index (χ0v) is 12.5. The Balaban J connectivity index is 2.13. The summed E-state index contributed by atoms with van der Waals surface area (Å²) in [6.45, 7) is 7.74. The lowest BCUT2D eigenvalue weighted by Gasteiger charge is -2.26. The zero-order chi connectivity index (χ0) is 15.1. The zero-order valence-electron chi connectivity index (χ0n) is 11.7. The molecular formula is C13H17F3N2OS. The number of halogens is 3. The van der Waals surface area contributed by atoms with E-state index in [1.54, 1.807) is 13.0 Å². The molecule has 20 heavy (non-hydrogen) atoms. The van der Waals surface area contributed by atoms with Crippen LogP contribution in [0, 0.1) is 5.92 Å². The SMILES string of the molecule is CC1C(OC(F)(F)F)=CC=C2N=C(NC(C)(C)C)SC21. The molecule has 0 saturated heterocycles. The maximum Gasteiger partial charge on any atom is 0.572 e. The van der Waals surface area contributed by atoms with Gasteiger partial charge in [0.15, 0.2) is 5.17 Å². The third-order valence-corrected chi connectivity index (χ3v) is 4.12. The average molecular weight is 306 g/mol. The first-order valence-electron chi connectivity index (χ1n) is 6.26. The Morgan fingerprint density at radius 2 is 1.90 bits per heavy atom. The summed E-state index contributed by atoms with van der Waals surface area (Å²) < 4.78 is 41.0. The molecule has 0 radical (unpaired) electrons.